The van der Waals surface area contributed by atoms with Gasteiger partial charge in [0.15, 0.2) is 0 Å². The van der Waals surface area contributed by atoms with E-state index in [1.54, 1.807) is 0 Å². The minimum Gasteiger partial charge on any atom is -0.368 e. The van der Waals surface area contributed by atoms with Gasteiger partial charge in [0.1, 0.15) is 0 Å². The van der Waals surface area contributed by atoms with Gasteiger partial charge in [-0.05, 0) is 12.1 Å². The van der Waals surface area contributed by atoms with E-state index < -0.39 is 7.81 Å². The molecule has 0 unspecified atom stereocenters. The average Bonchev–Trinajstić information content (AvgIpc) is 2.00. The van der Waals surface area contributed by atoms with E-state index in [4.69, 9.17) is 0 Å². The van der Waals surface area contributed by atoms with Crippen molar-refractivity contribution in [3.05, 3.63) is 24.5 Å². The Labute approximate surface area is 65.1 Å². The molecule has 1 rings (SSSR count). The second kappa shape index (κ2) is 2.39. The van der Waals surface area contributed by atoms with Crippen molar-refractivity contribution in [3.63, 3.8) is 0 Å². The summed E-state index contributed by atoms with van der Waals surface area (Å²) in [5, 5.41) is 0. The van der Waals surface area contributed by atoms with Crippen LogP contribution in [0.4, 0.5) is 25.2 Å². The first-order valence-corrected chi connectivity index (χ1v) is 4.62. The number of hydrogen-bond acceptors (Lipinski definition) is 0. The molecule has 0 aromatic carbocycles. The number of rotatable bonds is 0. The van der Waals surface area contributed by atoms with E-state index in [-0.39, 0.29) is 1.43 Å². The van der Waals surface area contributed by atoms with Crippen LogP contribution in [0.15, 0.2) is 24.5 Å². The van der Waals surface area contributed by atoms with Crippen LogP contribution in [0.5, 0.6) is 0 Å². The van der Waals surface area contributed by atoms with Crippen molar-refractivity contribution in [3.8, 4) is 0 Å². The van der Waals surface area contributed by atoms with Crippen molar-refractivity contribution in [2.75, 3.05) is 0 Å². The SMILES string of the molecule is F[P-](F)(F)(F)(F)F.[H+].c1cc[nH]c1. The van der Waals surface area contributed by atoms with Gasteiger partial charge in [0, 0.05) is 12.4 Å². The molecule has 0 saturated heterocycles. The predicted octanol–water partition coefficient (Wildman–Crippen LogP) is 4.51. The standard InChI is InChI=1S/C4H5N.F6P/c1-2-4-5-3-1;1-7(2,3,4,5)6/h1-5H;/q;-1/p+1. The van der Waals surface area contributed by atoms with E-state index >= 15 is 0 Å². The maximum absolute atomic E-state index is 10.7. The monoisotopic (exact) mass is 213 g/mol. The molecule has 0 atom stereocenters. The van der Waals surface area contributed by atoms with Crippen molar-refractivity contribution >= 4 is 7.81 Å². The van der Waals surface area contributed by atoms with Gasteiger partial charge in [0.25, 0.3) is 0 Å². The Kier molecular flexibility index (Phi) is 2.25. The summed E-state index contributed by atoms with van der Waals surface area (Å²) in [6, 6.07) is 3.89. The molecule has 0 amide bonds. The molecule has 1 aromatic rings. The van der Waals surface area contributed by atoms with Crippen LogP contribution in [-0.2, 0) is 0 Å². The minimum atomic E-state index is -10.7. The first kappa shape index (κ1) is 11.3. The Morgan fingerprint density at radius 1 is 0.833 bits per heavy atom. The van der Waals surface area contributed by atoms with E-state index in [2.05, 4.69) is 4.98 Å². The summed E-state index contributed by atoms with van der Waals surface area (Å²) in [6.07, 6.45) is 3.75. The van der Waals surface area contributed by atoms with Crippen molar-refractivity contribution in [2.45, 2.75) is 0 Å². The van der Waals surface area contributed by atoms with Gasteiger partial charge >= 0.3 is 34.4 Å². The summed E-state index contributed by atoms with van der Waals surface area (Å²) in [7, 11) is -10.7. The number of halogens is 6. The molecule has 1 aromatic heterocycles. The van der Waals surface area contributed by atoms with E-state index in [0.29, 0.717) is 0 Å². The van der Waals surface area contributed by atoms with E-state index in [1.165, 1.54) is 0 Å². The second-order valence-electron chi connectivity index (χ2n) is 1.84. The number of H-pyrrole nitrogens is 1. The number of aromatic amines is 1. The number of aromatic nitrogens is 1. The quantitative estimate of drug-likeness (QED) is 0.482. The van der Waals surface area contributed by atoms with Crippen LogP contribution in [0, 0.1) is 0 Å². The van der Waals surface area contributed by atoms with E-state index in [1.807, 2.05) is 24.5 Å². The van der Waals surface area contributed by atoms with Crippen molar-refractivity contribution in [1.29, 1.82) is 0 Å². The molecule has 0 spiro atoms. The summed E-state index contributed by atoms with van der Waals surface area (Å²) in [6.45, 7) is 0. The predicted molar refractivity (Wildman–Crippen MR) is 35.5 cm³/mol. The molecule has 74 valence electrons. The molecule has 0 aliphatic carbocycles. The Balaban J connectivity index is 0. The molecule has 12 heavy (non-hydrogen) atoms. The Hall–Kier alpha value is -0.710. The normalized spacial score (nSPS) is 16.8. The van der Waals surface area contributed by atoms with Gasteiger partial charge in [-0.3, -0.25) is 0 Å². The molecule has 0 aliphatic heterocycles. The van der Waals surface area contributed by atoms with Crippen LogP contribution in [0.1, 0.15) is 1.43 Å². The average molecular weight is 213 g/mol. The fourth-order valence-corrected chi connectivity index (χ4v) is 0.278. The molecule has 8 heteroatoms. The van der Waals surface area contributed by atoms with Crippen LogP contribution in [-0.4, -0.2) is 4.98 Å². The fourth-order valence-electron chi connectivity index (χ4n) is 0.278. The molecule has 0 aliphatic rings. The summed E-state index contributed by atoms with van der Waals surface area (Å²) in [5.74, 6) is 0. The van der Waals surface area contributed by atoms with Gasteiger partial charge < -0.3 is 4.98 Å². The van der Waals surface area contributed by atoms with Gasteiger partial charge in [0.2, 0.25) is 0 Å². The molecule has 1 nitrogen and oxygen atoms in total. The minimum absolute atomic E-state index is 0. The topological polar surface area (TPSA) is 15.8 Å². The number of hydrogen-bond donors (Lipinski definition) is 1. The zero-order valence-electron chi connectivity index (χ0n) is 6.52. The van der Waals surface area contributed by atoms with Crippen molar-refractivity contribution in [1.82, 2.24) is 4.98 Å². The molecule has 1 N–H and O–H groups in total. The van der Waals surface area contributed by atoms with Crippen LogP contribution >= 0.6 is 7.81 Å². The summed E-state index contributed by atoms with van der Waals surface area (Å²) < 4.78 is 59.2. The largest absolute Gasteiger partial charge is 1.00 e. The molecule has 0 bridgehead atoms. The van der Waals surface area contributed by atoms with Gasteiger partial charge in [-0.1, -0.05) is 0 Å². The second-order valence-corrected chi connectivity index (χ2v) is 3.76. The molecule has 1 heterocycles. The van der Waals surface area contributed by atoms with Gasteiger partial charge in [-0.25, -0.2) is 0 Å². The maximum atomic E-state index is 9.87. The molecule has 0 saturated carbocycles. The van der Waals surface area contributed by atoms with E-state index in [0.717, 1.165) is 0 Å². The van der Waals surface area contributed by atoms with Crippen molar-refractivity contribution < 1.29 is 26.6 Å². The van der Waals surface area contributed by atoms with Crippen LogP contribution in [0.2, 0.25) is 0 Å². The van der Waals surface area contributed by atoms with Crippen LogP contribution in [0.3, 0.4) is 0 Å². The Morgan fingerprint density at radius 3 is 1.17 bits per heavy atom. The third-order valence-corrected chi connectivity index (χ3v) is 0.496. The third kappa shape index (κ3) is 34.7. The molecular weight excluding hydrogens is 207 g/mol. The van der Waals surface area contributed by atoms with Gasteiger partial charge in [0.05, 0.1) is 0 Å². The molecular formula is C4H6F6NP. The smallest absolute Gasteiger partial charge is 0.368 e. The zero-order chi connectivity index (χ0) is 9.94. The van der Waals surface area contributed by atoms with Crippen LogP contribution < -0.4 is 0 Å². The van der Waals surface area contributed by atoms with E-state index in [9.17, 15) is 25.2 Å². The molecule has 0 fully saturated rings. The first-order chi connectivity index (χ1) is 4.95. The fraction of sp³-hybridized carbons (Fsp3) is 0. The zero-order valence-corrected chi connectivity index (χ0v) is 6.42. The van der Waals surface area contributed by atoms with Gasteiger partial charge in [-0.2, -0.15) is 0 Å². The third-order valence-electron chi connectivity index (χ3n) is 0.496. The number of nitrogens with one attached hydrogen (secondary N) is 1. The summed E-state index contributed by atoms with van der Waals surface area (Å²) in [5.41, 5.74) is 0. The maximum Gasteiger partial charge on any atom is 1.00 e. The Bertz CT molecular complexity index is 196. The van der Waals surface area contributed by atoms with Crippen molar-refractivity contribution in [2.24, 2.45) is 0 Å². The summed E-state index contributed by atoms with van der Waals surface area (Å²) >= 11 is 0. The van der Waals surface area contributed by atoms with Gasteiger partial charge in [-0.15, -0.1) is 0 Å². The molecule has 0 radical (unpaired) electrons. The first-order valence-electron chi connectivity index (χ1n) is 2.59. The summed E-state index contributed by atoms with van der Waals surface area (Å²) in [4.78, 5) is 2.86. The Morgan fingerprint density at radius 2 is 1.08 bits per heavy atom. The van der Waals surface area contributed by atoms with Crippen LogP contribution in [0.25, 0.3) is 0 Å².